The van der Waals surface area contributed by atoms with Crippen LogP contribution in [-0.4, -0.2) is 24.1 Å². The molecule has 0 saturated heterocycles. The Morgan fingerprint density at radius 2 is 1.72 bits per heavy atom. The van der Waals surface area contributed by atoms with E-state index in [0.29, 0.717) is 12.2 Å². The van der Waals surface area contributed by atoms with Crippen LogP contribution in [0, 0.1) is 0 Å². The van der Waals surface area contributed by atoms with Gasteiger partial charge in [-0.2, -0.15) is 0 Å². The van der Waals surface area contributed by atoms with Gasteiger partial charge in [0.25, 0.3) is 0 Å². The van der Waals surface area contributed by atoms with Gasteiger partial charge in [0.1, 0.15) is 0 Å². The number of anilines is 2. The molecule has 1 heterocycles. The number of carbonyl (C=O) groups is 2. The van der Waals surface area contributed by atoms with E-state index in [4.69, 9.17) is 0 Å². The first-order valence-electron chi connectivity index (χ1n) is 9.64. The minimum atomic E-state index is -0.0527. The number of nitrogens with zero attached hydrogens (tertiary/aromatic N) is 1. The molecule has 29 heavy (non-hydrogen) atoms. The van der Waals surface area contributed by atoms with Crippen LogP contribution < -0.4 is 10.2 Å². The summed E-state index contributed by atoms with van der Waals surface area (Å²) in [4.78, 5) is 27.8. The summed E-state index contributed by atoms with van der Waals surface area (Å²) >= 11 is 1.49. The average molecular weight is 403 g/mol. The summed E-state index contributed by atoms with van der Waals surface area (Å²) in [5.41, 5.74) is 3.98. The lowest BCUT2D eigenvalue weighted by atomic mass is 10.1. The van der Waals surface area contributed by atoms with Crippen molar-refractivity contribution in [3.05, 3.63) is 90.0 Å². The normalized spacial score (nSPS) is 12.5. The molecule has 1 aliphatic heterocycles. The topological polar surface area (TPSA) is 49.4 Å². The number of benzene rings is 3. The van der Waals surface area contributed by atoms with Crippen molar-refractivity contribution in [1.82, 2.24) is 0 Å². The maximum Gasteiger partial charge on any atom is 0.237 e. The van der Waals surface area contributed by atoms with Crippen LogP contribution in [0.2, 0.25) is 0 Å². The van der Waals surface area contributed by atoms with E-state index in [0.717, 1.165) is 34.8 Å². The van der Waals surface area contributed by atoms with Gasteiger partial charge < -0.3 is 10.2 Å². The zero-order valence-corrected chi connectivity index (χ0v) is 16.8. The first-order valence-corrected chi connectivity index (χ1v) is 10.6. The molecule has 3 aromatic carbocycles. The van der Waals surface area contributed by atoms with E-state index in [1.165, 1.54) is 17.3 Å². The number of fused-ring (bicyclic) bond motifs is 1. The Bertz CT molecular complexity index is 1020. The Balaban J connectivity index is 1.33. The molecule has 146 valence electrons. The summed E-state index contributed by atoms with van der Waals surface area (Å²) in [5, 5.41) is 2.94. The van der Waals surface area contributed by atoms with Gasteiger partial charge in [-0.15, -0.1) is 11.8 Å². The Morgan fingerprint density at radius 1 is 0.931 bits per heavy atom. The van der Waals surface area contributed by atoms with Crippen molar-refractivity contribution in [1.29, 1.82) is 0 Å². The third-order valence-electron chi connectivity index (χ3n) is 4.88. The molecule has 0 bridgehead atoms. The number of nitrogens with one attached hydrogen (secondary N) is 1. The quantitative estimate of drug-likeness (QED) is 0.616. The van der Waals surface area contributed by atoms with Crippen molar-refractivity contribution in [2.45, 2.75) is 17.7 Å². The minimum Gasteiger partial charge on any atom is -0.326 e. The highest BCUT2D eigenvalue weighted by Gasteiger charge is 2.23. The van der Waals surface area contributed by atoms with Crippen molar-refractivity contribution in [3.63, 3.8) is 0 Å². The number of thioether (sulfide) groups is 1. The van der Waals surface area contributed by atoms with E-state index in [2.05, 4.69) is 11.4 Å². The molecule has 0 aromatic heterocycles. The molecule has 1 N–H and O–H groups in total. The lowest BCUT2D eigenvalue weighted by Gasteiger charge is -2.17. The molecule has 0 fully saturated rings. The molecule has 1 aliphatic rings. The van der Waals surface area contributed by atoms with Crippen LogP contribution in [0.5, 0.6) is 0 Å². The monoisotopic (exact) mass is 402 g/mol. The Morgan fingerprint density at radius 3 is 2.59 bits per heavy atom. The summed E-state index contributed by atoms with van der Waals surface area (Å²) in [6.45, 7) is 0.744. The number of amides is 2. The minimum absolute atomic E-state index is 0.0527. The number of carbonyl (C=O) groups excluding carboxylic acids is 2. The highest BCUT2D eigenvalue weighted by Crippen LogP contribution is 2.29. The molecule has 4 rings (SSSR count). The third kappa shape index (κ3) is 4.87. The third-order valence-corrected chi connectivity index (χ3v) is 5.85. The average Bonchev–Trinajstić information content (AvgIpc) is 3.17. The summed E-state index contributed by atoms with van der Waals surface area (Å²) in [6.07, 6.45) is 1.25. The summed E-state index contributed by atoms with van der Waals surface area (Å²) in [7, 11) is 0. The van der Waals surface area contributed by atoms with Gasteiger partial charge in [-0.25, -0.2) is 0 Å². The van der Waals surface area contributed by atoms with E-state index in [-0.39, 0.29) is 11.8 Å². The maximum absolute atomic E-state index is 12.7. The smallest absolute Gasteiger partial charge is 0.237 e. The van der Waals surface area contributed by atoms with Crippen molar-refractivity contribution < 1.29 is 9.59 Å². The highest BCUT2D eigenvalue weighted by atomic mass is 32.2. The zero-order valence-electron chi connectivity index (χ0n) is 16.0. The number of para-hydroxylation sites is 1. The first kappa shape index (κ1) is 19.3. The van der Waals surface area contributed by atoms with E-state index < -0.39 is 0 Å². The largest absolute Gasteiger partial charge is 0.326 e. The second-order valence-electron chi connectivity index (χ2n) is 6.95. The van der Waals surface area contributed by atoms with Crippen molar-refractivity contribution in [3.8, 4) is 0 Å². The van der Waals surface area contributed by atoms with Crippen LogP contribution in [0.3, 0.4) is 0 Å². The predicted molar refractivity (Wildman–Crippen MR) is 118 cm³/mol. The number of hydrogen-bond acceptors (Lipinski definition) is 3. The van der Waals surface area contributed by atoms with Gasteiger partial charge in [0.05, 0.1) is 12.2 Å². The van der Waals surface area contributed by atoms with E-state index in [1.54, 1.807) is 0 Å². The van der Waals surface area contributed by atoms with Gasteiger partial charge >= 0.3 is 0 Å². The molecule has 0 atom stereocenters. The fourth-order valence-corrected chi connectivity index (χ4v) is 4.30. The van der Waals surface area contributed by atoms with Gasteiger partial charge in [-0.3, -0.25) is 9.59 Å². The summed E-state index contributed by atoms with van der Waals surface area (Å²) < 4.78 is 0. The second-order valence-corrected chi connectivity index (χ2v) is 8.00. The van der Waals surface area contributed by atoms with E-state index in [9.17, 15) is 9.59 Å². The molecule has 0 spiro atoms. The standard InChI is InChI=1S/C24H22N2O2S/c27-23(15-18-7-2-1-3-8-18)25-20-10-6-11-21(16-20)29-17-24(28)26-14-13-19-9-4-5-12-22(19)26/h1-12,16H,13-15,17H2,(H,25,27). The fourth-order valence-electron chi connectivity index (χ4n) is 3.47. The summed E-state index contributed by atoms with van der Waals surface area (Å²) in [5.74, 6) is 0.428. The Kier molecular flexibility index (Phi) is 5.96. The molecular weight excluding hydrogens is 380 g/mol. The molecular formula is C24H22N2O2S. The van der Waals surface area contributed by atoms with Crippen LogP contribution in [-0.2, 0) is 22.4 Å². The molecule has 2 amide bonds. The van der Waals surface area contributed by atoms with Gasteiger partial charge in [0.15, 0.2) is 0 Å². The van der Waals surface area contributed by atoms with Gasteiger partial charge in [-0.1, -0.05) is 54.6 Å². The summed E-state index contributed by atoms with van der Waals surface area (Å²) in [6, 6.07) is 25.4. The Hall–Kier alpha value is -3.05. The second kappa shape index (κ2) is 8.97. The Labute approximate surface area is 174 Å². The van der Waals surface area contributed by atoms with Crippen molar-refractivity contribution in [2.24, 2.45) is 0 Å². The fraction of sp³-hybridized carbons (Fsp3) is 0.167. The zero-order chi connectivity index (χ0) is 20.1. The SMILES string of the molecule is O=C(Cc1ccccc1)Nc1cccc(SCC(=O)N2CCc3ccccc32)c1. The highest BCUT2D eigenvalue weighted by molar-refractivity contribution is 8.00. The maximum atomic E-state index is 12.7. The van der Waals surface area contributed by atoms with Crippen molar-refractivity contribution in [2.75, 3.05) is 22.5 Å². The molecule has 0 saturated carbocycles. The number of hydrogen-bond donors (Lipinski definition) is 1. The van der Waals surface area contributed by atoms with Gasteiger partial charge in [0, 0.05) is 22.8 Å². The van der Waals surface area contributed by atoms with Crippen LogP contribution in [0.25, 0.3) is 0 Å². The lowest BCUT2D eigenvalue weighted by Crippen LogP contribution is -2.30. The van der Waals surface area contributed by atoms with Gasteiger partial charge in [-0.05, 0) is 41.8 Å². The van der Waals surface area contributed by atoms with Crippen molar-refractivity contribution >= 4 is 35.0 Å². The van der Waals surface area contributed by atoms with Crippen LogP contribution >= 0.6 is 11.8 Å². The molecule has 4 nitrogen and oxygen atoms in total. The molecule has 5 heteroatoms. The number of rotatable bonds is 6. The molecule has 0 radical (unpaired) electrons. The van der Waals surface area contributed by atoms with Crippen LogP contribution in [0.4, 0.5) is 11.4 Å². The lowest BCUT2D eigenvalue weighted by molar-refractivity contribution is -0.116. The first-order chi connectivity index (χ1) is 14.2. The molecule has 0 unspecified atom stereocenters. The van der Waals surface area contributed by atoms with E-state index in [1.807, 2.05) is 77.7 Å². The predicted octanol–water partition coefficient (Wildman–Crippen LogP) is 4.55. The van der Waals surface area contributed by atoms with Crippen LogP contribution in [0.15, 0.2) is 83.8 Å². The molecule has 3 aromatic rings. The van der Waals surface area contributed by atoms with E-state index >= 15 is 0 Å². The van der Waals surface area contributed by atoms with Crippen LogP contribution in [0.1, 0.15) is 11.1 Å². The molecule has 0 aliphatic carbocycles. The van der Waals surface area contributed by atoms with Gasteiger partial charge in [0.2, 0.25) is 11.8 Å².